The van der Waals surface area contributed by atoms with E-state index in [-0.39, 0.29) is 5.91 Å². The number of alkyl halides is 1. The smallest absolute Gasteiger partial charge is 0.220 e. The Morgan fingerprint density at radius 2 is 1.78 bits per heavy atom. The summed E-state index contributed by atoms with van der Waals surface area (Å²) in [5, 5.41) is 4.09. The number of amides is 1. The van der Waals surface area contributed by atoms with Crippen molar-refractivity contribution in [3.63, 3.8) is 0 Å². The molecule has 0 aliphatic heterocycles. The average molecular weight is 320 g/mol. The van der Waals surface area contributed by atoms with Crippen LogP contribution in [0.15, 0.2) is 0 Å². The van der Waals surface area contributed by atoms with Crippen LogP contribution in [0.2, 0.25) is 0 Å². The van der Waals surface area contributed by atoms with Gasteiger partial charge in [-0.15, -0.1) is 0 Å². The molecular formula is C15H30BrNO. The van der Waals surface area contributed by atoms with Gasteiger partial charge in [-0.3, -0.25) is 4.79 Å². The molecule has 0 radical (unpaired) electrons. The van der Waals surface area contributed by atoms with Crippen molar-refractivity contribution in [2.45, 2.75) is 71.6 Å². The fourth-order valence-electron chi connectivity index (χ4n) is 2.02. The molecular weight excluding hydrogens is 290 g/mol. The highest BCUT2D eigenvalue weighted by molar-refractivity contribution is 9.09. The zero-order valence-corrected chi connectivity index (χ0v) is 13.7. The summed E-state index contributed by atoms with van der Waals surface area (Å²) >= 11 is 3.46. The molecule has 1 N–H and O–H groups in total. The third kappa shape index (κ3) is 11.1. The van der Waals surface area contributed by atoms with Crippen LogP contribution in [-0.2, 0) is 4.79 Å². The molecule has 108 valence electrons. The number of halogens is 1. The van der Waals surface area contributed by atoms with Gasteiger partial charge in [0.25, 0.3) is 0 Å². The van der Waals surface area contributed by atoms with Crippen LogP contribution in [0.3, 0.4) is 0 Å². The first-order valence-corrected chi connectivity index (χ1v) is 8.69. The number of unbranched alkanes of at least 4 members (excludes halogenated alkanes) is 5. The molecule has 0 fully saturated rings. The molecule has 1 unspecified atom stereocenters. The van der Waals surface area contributed by atoms with E-state index in [1.165, 1.54) is 32.1 Å². The highest BCUT2D eigenvalue weighted by Crippen LogP contribution is 2.09. The van der Waals surface area contributed by atoms with Gasteiger partial charge in [-0.05, 0) is 18.8 Å². The van der Waals surface area contributed by atoms with Gasteiger partial charge in [-0.1, -0.05) is 68.3 Å². The van der Waals surface area contributed by atoms with Crippen molar-refractivity contribution in [1.82, 2.24) is 5.32 Å². The lowest BCUT2D eigenvalue weighted by molar-refractivity contribution is -0.121. The highest BCUT2D eigenvalue weighted by atomic mass is 79.9. The first kappa shape index (κ1) is 17.9. The van der Waals surface area contributed by atoms with Gasteiger partial charge in [0.15, 0.2) is 0 Å². The number of carbonyl (C=O) groups is 1. The van der Waals surface area contributed by atoms with Crippen LogP contribution in [0.25, 0.3) is 0 Å². The van der Waals surface area contributed by atoms with Gasteiger partial charge in [0, 0.05) is 18.3 Å². The SMILES string of the molecule is CCCCCCCCC(=O)NCC(CC)CCBr. The Morgan fingerprint density at radius 3 is 2.39 bits per heavy atom. The zero-order valence-electron chi connectivity index (χ0n) is 12.1. The number of nitrogens with one attached hydrogen (secondary N) is 1. The molecule has 0 aromatic heterocycles. The molecule has 3 heteroatoms. The molecule has 18 heavy (non-hydrogen) atoms. The van der Waals surface area contributed by atoms with Crippen LogP contribution >= 0.6 is 15.9 Å². The standard InChI is InChI=1S/C15H30BrNO/c1-3-5-6-7-8-9-10-15(18)17-13-14(4-2)11-12-16/h14H,3-13H2,1-2H3,(H,17,18). The number of hydrogen-bond donors (Lipinski definition) is 1. The van der Waals surface area contributed by atoms with Gasteiger partial charge in [-0.2, -0.15) is 0 Å². The fraction of sp³-hybridized carbons (Fsp3) is 0.933. The van der Waals surface area contributed by atoms with E-state index in [4.69, 9.17) is 0 Å². The minimum Gasteiger partial charge on any atom is -0.356 e. The van der Waals surface area contributed by atoms with Crippen molar-refractivity contribution in [1.29, 1.82) is 0 Å². The molecule has 0 rings (SSSR count). The molecule has 0 aliphatic carbocycles. The number of carbonyl (C=O) groups excluding carboxylic acids is 1. The van der Waals surface area contributed by atoms with E-state index in [0.29, 0.717) is 12.3 Å². The van der Waals surface area contributed by atoms with Crippen LogP contribution in [0.4, 0.5) is 0 Å². The predicted octanol–water partition coefficient (Wildman–Crippen LogP) is 4.66. The summed E-state index contributed by atoms with van der Waals surface area (Å²) in [6.07, 6.45) is 10.5. The van der Waals surface area contributed by atoms with E-state index in [2.05, 4.69) is 35.1 Å². The van der Waals surface area contributed by atoms with Gasteiger partial charge in [0.1, 0.15) is 0 Å². The lowest BCUT2D eigenvalue weighted by Gasteiger charge is -2.14. The molecule has 0 aliphatic rings. The fourth-order valence-corrected chi connectivity index (χ4v) is 2.66. The second-order valence-corrected chi connectivity index (χ2v) is 5.87. The highest BCUT2D eigenvalue weighted by Gasteiger charge is 2.07. The van der Waals surface area contributed by atoms with Crippen LogP contribution in [-0.4, -0.2) is 17.8 Å². The summed E-state index contributed by atoms with van der Waals surface area (Å²) in [6, 6.07) is 0. The van der Waals surface area contributed by atoms with Crippen molar-refractivity contribution < 1.29 is 4.79 Å². The van der Waals surface area contributed by atoms with E-state index < -0.39 is 0 Å². The average Bonchev–Trinajstić information content (AvgIpc) is 2.38. The molecule has 0 saturated heterocycles. The molecule has 0 aromatic rings. The lowest BCUT2D eigenvalue weighted by atomic mass is 10.0. The Balaban J connectivity index is 3.41. The minimum atomic E-state index is 0.235. The Hall–Kier alpha value is -0.0500. The zero-order chi connectivity index (χ0) is 13.6. The summed E-state index contributed by atoms with van der Waals surface area (Å²) in [6.45, 7) is 5.26. The van der Waals surface area contributed by atoms with Crippen molar-refractivity contribution in [2.24, 2.45) is 5.92 Å². The van der Waals surface area contributed by atoms with Crippen LogP contribution in [0.1, 0.15) is 71.6 Å². The van der Waals surface area contributed by atoms with Gasteiger partial charge in [0.2, 0.25) is 5.91 Å². The Kier molecular flexibility index (Phi) is 13.3. The molecule has 1 amide bonds. The molecule has 0 saturated carbocycles. The topological polar surface area (TPSA) is 29.1 Å². The summed E-state index contributed by atoms with van der Waals surface area (Å²) < 4.78 is 0. The molecule has 1 atom stereocenters. The first-order valence-electron chi connectivity index (χ1n) is 7.57. The van der Waals surface area contributed by atoms with Gasteiger partial charge in [-0.25, -0.2) is 0 Å². The maximum atomic E-state index is 11.6. The maximum absolute atomic E-state index is 11.6. The summed E-state index contributed by atoms with van der Waals surface area (Å²) in [4.78, 5) is 11.6. The predicted molar refractivity (Wildman–Crippen MR) is 83.2 cm³/mol. The second kappa shape index (κ2) is 13.4. The summed E-state index contributed by atoms with van der Waals surface area (Å²) in [5.74, 6) is 0.858. The summed E-state index contributed by atoms with van der Waals surface area (Å²) in [7, 11) is 0. The number of rotatable bonds is 12. The van der Waals surface area contributed by atoms with Gasteiger partial charge in [0.05, 0.1) is 0 Å². The Labute approximate surface area is 121 Å². The molecule has 2 nitrogen and oxygen atoms in total. The maximum Gasteiger partial charge on any atom is 0.220 e. The molecule has 0 spiro atoms. The van der Waals surface area contributed by atoms with Crippen LogP contribution in [0, 0.1) is 5.92 Å². The second-order valence-electron chi connectivity index (χ2n) is 5.07. The van der Waals surface area contributed by atoms with E-state index in [0.717, 1.165) is 31.1 Å². The van der Waals surface area contributed by atoms with Crippen LogP contribution in [0.5, 0.6) is 0 Å². The van der Waals surface area contributed by atoms with E-state index >= 15 is 0 Å². The lowest BCUT2D eigenvalue weighted by Crippen LogP contribution is -2.29. The minimum absolute atomic E-state index is 0.235. The largest absolute Gasteiger partial charge is 0.356 e. The third-order valence-corrected chi connectivity index (χ3v) is 3.90. The quantitative estimate of drug-likeness (QED) is 0.411. The molecule has 0 heterocycles. The normalized spacial score (nSPS) is 12.4. The van der Waals surface area contributed by atoms with E-state index in [1.54, 1.807) is 0 Å². The molecule has 0 aromatic carbocycles. The van der Waals surface area contributed by atoms with Crippen molar-refractivity contribution >= 4 is 21.8 Å². The van der Waals surface area contributed by atoms with Gasteiger partial charge < -0.3 is 5.32 Å². The number of hydrogen-bond acceptors (Lipinski definition) is 1. The Morgan fingerprint density at radius 1 is 1.11 bits per heavy atom. The van der Waals surface area contributed by atoms with Crippen molar-refractivity contribution in [3.8, 4) is 0 Å². The van der Waals surface area contributed by atoms with Crippen molar-refractivity contribution in [3.05, 3.63) is 0 Å². The monoisotopic (exact) mass is 319 g/mol. The van der Waals surface area contributed by atoms with Gasteiger partial charge >= 0.3 is 0 Å². The first-order chi connectivity index (χ1) is 8.74. The van der Waals surface area contributed by atoms with E-state index in [9.17, 15) is 4.79 Å². The summed E-state index contributed by atoms with van der Waals surface area (Å²) in [5.41, 5.74) is 0. The Bertz CT molecular complexity index is 197. The van der Waals surface area contributed by atoms with Crippen molar-refractivity contribution in [2.75, 3.05) is 11.9 Å². The third-order valence-electron chi connectivity index (χ3n) is 3.44. The van der Waals surface area contributed by atoms with E-state index in [1.807, 2.05) is 0 Å². The van der Waals surface area contributed by atoms with Crippen LogP contribution < -0.4 is 5.32 Å². The molecule has 0 bridgehead atoms.